The molecule has 1 aromatic carbocycles. The van der Waals surface area contributed by atoms with Gasteiger partial charge in [0.05, 0.1) is 13.4 Å². The van der Waals surface area contributed by atoms with Crippen LogP contribution in [-0.4, -0.2) is 11.7 Å². The minimum absolute atomic E-state index is 0.0309. The first-order valence-corrected chi connectivity index (χ1v) is 6.81. The van der Waals surface area contributed by atoms with Gasteiger partial charge in [0.2, 0.25) is 0 Å². The van der Waals surface area contributed by atoms with Crippen LogP contribution in [0.1, 0.15) is 33.3 Å². The summed E-state index contributed by atoms with van der Waals surface area (Å²) in [4.78, 5) is 0. The van der Waals surface area contributed by atoms with Gasteiger partial charge in [0.15, 0.2) is 0 Å². The average molecular weight is 259 g/mol. The highest BCUT2D eigenvalue weighted by atomic mass is 16.5. The van der Waals surface area contributed by atoms with Crippen molar-refractivity contribution in [2.75, 3.05) is 7.11 Å². The summed E-state index contributed by atoms with van der Waals surface area (Å²) >= 11 is 0. The van der Waals surface area contributed by atoms with E-state index in [9.17, 15) is 0 Å². The zero-order valence-corrected chi connectivity index (χ0v) is 12.9. The fourth-order valence-electron chi connectivity index (χ4n) is 2.18. The summed E-state index contributed by atoms with van der Waals surface area (Å²) < 4.78 is 7.20. The molecule has 0 fully saturated rings. The van der Waals surface area contributed by atoms with Crippen LogP contribution in [0.4, 0.5) is 0 Å². The van der Waals surface area contributed by atoms with E-state index in [2.05, 4.69) is 62.0 Å². The number of hydrogen-bond donors (Lipinski definition) is 0. The van der Waals surface area contributed by atoms with Crippen LogP contribution in [0.5, 0.6) is 0 Å². The van der Waals surface area contributed by atoms with Crippen molar-refractivity contribution in [2.24, 2.45) is 7.05 Å². The number of fused-ring (bicyclic) bond motifs is 1. The molecule has 0 amide bonds. The van der Waals surface area contributed by atoms with Crippen LogP contribution >= 0.6 is 0 Å². The number of methoxy groups -OCH3 is 1. The van der Waals surface area contributed by atoms with Crippen LogP contribution in [-0.2, 0) is 17.2 Å². The van der Waals surface area contributed by atoms with E-state index in [1.165, 1.54) is 16.5 Å². The molecule has 2 heteroatoms. The molecule has 0 saturated carbocycles. The molecule has 2 rings (SSSR count). The van der Waals surface area contributed by atoms with Gasteiger partial charge in [-0.1, -0.05) is 45.9 Å². The second kappa shape index (κ2) is 6.46. The fraction of sp³-hybridized carbons (Fsp3) is 0.412. The van der Waals surface area contributed by atoms with Crippen molar-refractivity contribution < 1.29 is 4.74 Å². The van der Waals surface area contributed by atoms with Crippen molar-refractivity contribution in [3.05, 3.63) is 48.4 Å². The molecule has 0 N–H and O–H groups in total. The topological polar surface area (TPSA) is 14.2 Å². The van der Waals surface area contributed by atoms with E-state index >= 15 is 0 Å². The normalized spacial score (nSPS) is 11.5. The lowest BCUT2D eigenvalue weighted by Gasteiger charge is -2.19. The maximum atomic E-state index is 5.03. The van der Waals surface area contributed by atoms with Gasteiger partial charge < -0.3 is 9.30 Å². The molecule has 0 unspecified atom stereocenters. The minimum Gasteiger partial charge on any atom is -0.505 e. The number of nitrogens with zero attached hydrogens (tertiary/aromatic N) is 1. The summed E-state index contributed by atoms with van der Waals surface area (Å²) in [6.07, 6.45) is 6.04. The van der Waals surface area contributed by atoms with Crippen molar-refractivity contribution in [3.63, 3.8) is 0 Å². The van der Waals surface area contributed by atoms with Crippen molar-refractivity contribution in [1.82, 2.24) is 4.57 Å². The maximum Gasteiger partial charge on any atom is 0.0793 e. The van der Waals surface area contributed by atoms with Crippen LogP contribution in [0.25, 0.3) is 10.9 Å². The largest absolute Gasteiger partial charge is 0.505 e. The lowest BCUT2D eigenvalue weighted by atomic mass is 9.84. The highest BCUT2D eigenvalue weighted by Crippen LogP contribution is 2.32. The summed E-state index contributed by atoms with van der Waals surface area (Å²) in [6, 6.07) is 8.48. The molecule has 1 heterocycles. The monoisotopic (exact) mass is 259 g/mol. The SMILES string of the molecule is CC.CO/C=C/C(C)(C)c1cn(C)c2ccccc12. The van der Waals surface area contributed by atoms with Crippen LogP contribution in [0.15, 0.2) is 42.8 Å². The third-order valence-corrected chi connectivity index (χ3v) is 3.21. The molecule has 0 atom stereocenters. The Bertz CT molecular complexity index is 549. The molecular formula is C17H25NO. The van der Waals surface area contributed by atoms with Crippen molar-refractivity contribution >= 4 is 10.9 Å². The quantitative estimate of drug-likeness (QED) is 0.732. The molecular weight excluding hydrogens is 234 g/mol. The molecule has 0 spiro atoms. The smallest absolute Gasteiger partial charge is 0.0793 e. The van der Waals surface area contributed by atoms with Gasteiger partial charge in [-0.15, -0.1) is 0 Å². The number of hydrogen-bond acceptors (Lipinski definition) is 1. The average Bonchev–Trinajstić information content (AvgIpc) is 2.78. The van der Waals surface area contributed by atoms with E-state index in [-0.39, 0.29) is 5.41 Å². The van der Waals surface area contributed by atoms with E-state index in [0.717, 1.165) is 0 Å². The molecule has 0 aliphatic carbocycles. The Labute approximate surface area is 116 Å². The van der Waals surface area contributed by atoms with Gasteiger partial charge in [-0.3, -0.25) is 0 Å². The Balaban J connectivity index is 0.000000861. The van der Waals surface area contributed by atoms with Gasteiger partial charge >= 0.3 is 0 Å². The van der Waals surface area contributed by atoms with E-state index < -0.39 is 0 Å². The van der Waals surface area contributed by atoms with Crippen LogP contribution in [0.2, 0.25) is 0 Å². The first kappa shape index (κ1) is 15.4. The highest BCUT2D eigenvalue weighted by Gasteiger charge is 2.21. The Hall–Kier alpha value is -1.70. The third-order valence-electron chi connectivity index (χ3n) is 3.21. The molecule has 0 aliphatic heterocycles. The number of ether oxygens (including phenoxy) is 1. The molecule has 0 aliphatic rings. The summed E-state index contributed by atoms with van der Waals surface area (Å²) in [7, 11) is 3.76. The third kappa shape index (κ3) is 3.19. The summed E-state index contributed by atoms with van der Waals surface area (Å²) in [5, 5.41) is 1.31. The van der Waals surface area contributed by atoms with Gasteiger partial charge in [0, 0.05) is 29.6 Å². The summed E-state index contributed by atoms with van der Waals surface area (Å²) in [5.41, 5.74) is 2.56. The second-order valence-corrected chi connectivity index (χ2v) is 4.93. The van der Waals surface area contributed by atoms with Crippen molar-refractivity contribution in [3.8, 4) is 0 Å². The molecule has 1 aromatic heterocycles. The maximum absolute atomic E-state index is 5.03. The lowest BCUT2D eigenvalue weighted by molar-refractivity contribution is 0.333. The number of aromatic nitrogens is 1. The number of aryl methyl sites for hydroxylation is 1. The van der Waals surface area contributed by atoms with Gasteiger partial charge in [-0.2, -0.15) is 0 Å². The molecule has 0 bridgehead atoms. The fourth-order valence-corrected chi connectivity index (χ4v) is 2.18. The van der Waals surface area contributed by atoms with Crippen LogP contribution in [0.3, 0.4) is 0 Å². The second-order valence-electron chi connectivity index (χ2n) is 4.93. The number of rotatable bonds is 3. The van der Waals surface area contributed by atoms with E-state index in [1.807, 2.05) is 13.8 Å². The number of benzene rings is 1. The Kier molecular flexibility index (Phi) is 5.22. The molecule has 2 nitrogen and oxygen atoms in total. The van der Waals surface area contributed by atoms with Crippen LogP contribution < -0.4 is 0 Å². The highest BCUT2D eigenvalue weighted by molar-refractivity contribution is 5.85. The predicted molar refractivity (Wildman–Crippen MR) is 83.4 cm³/mol. The summed E-state index contributed by atoms with van der Waals surface area (Å²) in [6.45, 7) is 8.40. The number of allylic oxidation sites excluding steroid dienone is 1. The minimum atomic E-state index is -0.0309. The molecule has 0 saturated heterocycles. The van der Waals surface area contributed by atoms with Gasteiger partial charge in [0.1, 0.15) is 0 Å². The van der Waals surface area contributed by atoms with Gasteiger partial charge in [0.25, 0.3) is 0 Å². The molecule has 0 radical (unpaired) electrons. The molecule has 19 heavy (non-hydrogen) atoms. The first-order valence-electron chi connectivity index (χ1n) is 6.81. The van der Waals surface area contributed by atoms with Crippen LogP contribution in [0, 0.1) is 0 Å². The summed E-state index contributed by atoms with van der Waals surface area (Å²) in [5.74, 6) is 0. The van der Waals surface area contributed by atoms with E-state index in [1.54, 1.807) is 13.4 Å². The first-order chi connectivity index (χ1) is 9.06. The zero-order chi connectivity index (χ0) is 14.5. The zero-order valence-electron chi connectivity index (χ0n) is 12.9. The van der Waals surface area contributed by atoms with Gasteiger partial charge in [-0.05, 0) is 17.7 Å². The molecule has 2 aromatic rings. The standard InChI is InChI=1S/C15H19NO.C2H6/c1-15(2,9-10-17-4)13-11-16(3)14-8-6-5-7-12(13)14;1-2/h5-11H,1-4H3;1-2H3/b10-9+;. The van der Waals surface area contributed by atoms with Crippen molar-refractivity contribution in [1.29, 1.82) is 0 Å². The Morgan fingerprint density at radius 3 is 2.42 bits per heavy atom. The van der Waals surface area contributed by atoms with Gasteiger partial charge in [-0.25, -0.2) is 0 Å². The van der Waals surface area contributed by atoms with E-state index in [4.69, 9.17) is 4.74 Å². The molecule has 104 valence electrons. The Morgan fingerprint density at radius 2 is 1.79 bits per heavy atom. The predicted octanol–water partition coefficient (Wildman–Crippen LogP) is 4.64. The number of para-hydroxylation sites is 1. The Morgan fingerprint density at radius 1 is 1.16 bits per heavy atom. The van der Waals surface area contributed by atoms with E-state index in [0.29, 0.717) is 0 Å². The lowest BCUT2D eigenvalue weighted by Crippen LogP contribution is -2.12. The van der Waals surface area contributed by atoms with Crippen molar-refractivity contribution in [2.45, 2.75) is 33.1 Å².